The Hall–Kier alpha value is -1.88. The van der Waals surface area contributed by atoms with Crippen LogP contribution < -0.4 is 5.73 Å². The van der Waals surface area contributed by atoms with Gasteiger partial charge in [-0.3, -0.25) is 15.0 Å². The number of rotatable bonds is 1. The summed E-state index contributed by atoms with van der Waals surface area (Å²) in [6.07, 6.45) is 1.23. The van der Waals surface area contributed by atoms with E-state index in [2.05, 4.69) is 0 Å². The second-order valence-electron chi connectivity index (χ2n) is 3.21. The fourth-order valence-corrected chi connectivity index (χ4v) is 2.09. The predicted octanol–water partition coefficient (Wildman–Crippen LogP) is 1.58. The summed E-state index contributed by atoms with van der Waals surface area (Å²) >= 11 is 0.803. The first-order valence-corrected chi connectivity index (χ1v) is 5.33. The molecule has 0 spiro atoms. The van der Waals surface area contributed by atoms with Gasteiger partial charge in [0.2, 0.25) is 5.78 Å². The van der Waals surface area contributed by atoms with Gasteiger partial charge in [0.15, 0.2) is 11.0 Å². The van der Waals surface area contributed by atoms with Crippen LogP contribution in [0.25, 0.3) is 0 Å². The van der Waals surface area contributed by atoms with Crippen LogP contribution in [0.2, 0.25) is 0 Å². The lowest BCUT2D eigenvalue weighted by atomic mass is 9.95. The molecule has 0 radical (unpaired) electrons. The van der Waals surface area contributed by atoms with Gasteiger partial charge < -0.3 is 5.73 Å². The number of Topliss-reactive ketones (excluding diaryl/α,β-unsaturated/α-hetero) is 1. The maximum absolute atomic E-state index is 11.9. The molecule has 3 N–H and O–H groups in total. The van der Waals surface area contributed by atoms with Crippen molar-refractivity contribution in [1.82, 2.24) is 0 Å². The Labute approximate surface area is 96.0 Å². The van der Waals surface area contributed by atoms with Crippen molar-refractivity contribution >= 4 is 28.5 Å². The topological polar surface area (TPSA) is 84.0 Å². The molecule has 5 heteroatoms. The summed E-state index contributed by atoms with van der Waals surface area (Å²) in [4.78, 5) is 23.8. The second-order valence-corrected chi connectivity index (χ2v) is 4.30. The van der Waals surface area contributed by atoms with Crippen LogP contribution in [0.3, 0.4) is 0 Å². The molecule has 0 bridgehead atoms. The largest absolute Gasteiger partial charge is 0.378 e. The number of carbonyl (C=O) groups is 2. The van der Waals surface area contributed by atoms with Crippen molar-refractivity contribution in [2.24, 2.45) is 5.73 Å². The summed E-state index contributed by atoms with van der Waals surface area (Å²) in [6, 6.07) is 6.62. The van der Waals surface area contributed by atoms with Gasteiger partial charge in [-0.25, -0.2) is 0 Å². The molecular formula is C11H8N2O2S. The third-order valence-corrected chi connectivity index (χ3v) is 2.89. The Morgan fingerprint density at radius 3 is 2.44 bits per heavy atom. The highest BCUT2D eigenvalue weighted by molar-refractivity contribution is 8.17. The zero-order valence-electron chi connectivity index (χ0n) is 8.19. The van der Waals surface area contributed by atoms with Crippen molar-refractivity contribution in [3.05, 3.63) is 46.4 Å². The van der Waals surface area contributed by atoms with Crippen LogP contribution in [0.1, 0.15) is 20.7 Å². The molecule has 4 nitrogen and oxygen atoms in total. The number of ketones is 2. The SMILES string of the molecule is N=C(N)SC1=CC(=O)c2ccccc2C1=O. The molecule has 16 heavy (non-hydrogen) atoms. The van der Waals surface area contributed by atoms with E-state index in [1.165, 1.54) is 6.08 Å². The number of benzene rings is 1. The lowest BCUT2D eigenvalue weighted by molar-refractivity contribution is 0.0991. The van der Waals surface area contributed by atoms with Crippen LogP contribution in [-0.4, -0.2) is 16.7 Å². The summed E-state index contributed by atoms with van der Waals surface area (Å²) < 4.78 is 0. The normalized spacial score (nSPS) is 14.4. The van der Waals surface area contributed by atoms with Crippen molar-refractivity contribution < 1.29 is 9.59 Å². The first-order chi connectivity index (χ1) is 7.59. The van der Waals surface area contributed by atoms with E-state index < -0.39 is 0 Å². The summed E-state index contributed by atoms with van der Waals surface area (Å²) in [5.41, 5.74) is 5.97. The van der Waals surface area contributed by atoms with Gasteiger partial charge >= 0.3 is 0 Å². The Morgan fingerprint density at radius 1 is 1.19 bits per heavy atom. The van der Waals surface area contributed by atoms with Crippen LogP contribution in [0.5, 0.6) is 0 Å². The number of amidine groups is 1. The van der Waals surface area contributed by atoms with E-state index in [9.17, 15) is 9.59 Å². The van der Waals surface area contributed by atoms with Crippen molar-refractivity contribution in [2.45, 2.75) is 0 Å². The molecule has 1 aromatic carbocycles. The molecule has 0 saturated carbocycles. The third-order valence-electron chi connectivity index (χ3n) is 2.14. The minimum Gasteiger partial charge on any atom is -0.378 e. The maximum Gasteiger partial charge on any atom is 0.200 e. The van der Waals surface area contributed by atoms with Gasteiger partial charge in [0.1, 0.15) is 0 Å². The van der Waals surface area contributed by atoms with E-state index in [0.29, 0.717) is 11.1 Å². The van der Waals surface area contributed by atoms with E-state index >= 15 is 0 Å². The van der Waals surface area contributed by atoms with Crippen molar-refractivity contribution in [3.8, 4) is 0 Å². The smallest absolute Gasteiger partial charge is 0.200 e. The van der Waals surface area contributed by atoms with E-state index in [0.717, 1.165) is 11.8 Å². The first kappa shape index (κ1) is 10.6. The van der Waals surface area contributed by atoms with Gasteiger partial charge in [0, 0.05) is 17.2 Å². The molecule has 0 amide bonds. The number of fused-ring (bicyclic) bond motifs is 1. The van der Waals surface area contributed by atoms with Crippen LogP contribution in [0.4, 0.5) is 0 Å². The zero-order chi connectivity index (χ0) is 11.7. The highest BCUT2D eigenvalue weighted by atomic mass is 32.2. The Balaban J connectivity index is 2.47. The number of hydrogen-bond acceptors (Lipinski definition) is 4. The van der Waals surface area contributed by atoms with Gasteiger partial charge in [-0.1, -0.05) is 24.3 Å². The van der Waals surface area contributed by atoms with E-state index in [-0.39, 0.29) is 21.6 Å². The molecule has 0 saturated heterocycles. The number of allylic oxidation sites excluding steroid dienone is 2. The van der Waals surface area contributed by atoms with Gasteiger partial charge in [0.25, 0.3) is 0 Å². The predicted molar refractivity (Wildman–Crippen MR) is 62.7 cm³/mol. The van der Waals surface area contributed by atoms with Gasteiger partial charge in [0.05, 0.1) is 4.91 Å². The number of hydrogen-bond donors (Lipinski definition) is 2. The average Bonchev–Trinajstić information content (AvgIpc) is 2.25. The number of nitrogens with one attached hydrogen (secondary N) is 1. The molecule has 80 valence electrons. The average molecular weight is 232 g/mol. The second kappa shape index (κ2) is 3.94. The van der Waals surface area contributed by atoms with Gasteiger partial charge in [-0.05, 0) is 11.8 Å². The number of thioether (sulfide) groups is 1. The molecule has 1 aliphatic rings. The van der Waals surface area contributed by atoms with Crippen molar-refractivity contribution in [1.29, 1.82) is 5.41 Å². The molecule has 1 aliphatic carbocycles. The van der Waals surface area contributed by atoms with Crippen LogP contribution in [-0.2, 0) is 0 Å². The number of nitrogens with two attached hydrogens (primary N) is 1. The summed E-state index contributed by atoms with van der Waals surface area (Å²) in [5, 5.41) is 6.90. The lowest BCUT2D eigenvalue weighted by Crippen LogP contribution is -2.17. The van der Waals surface area contributed by atoms with E-state index in [1.54, 1.807) is 24.3 Å². The quantitative estimate of drug-likeness (QED) is 0.568. The fourth-order valence-electron chi connectivity index (χ4n) is 1.49. The summed E-state index contributed by atoms with van der Waals surface area (Å²) in [7, 11) is 0. The highest BCUT2D eigenvalue weighted by Gasteiger charge is 2.25. The molecule has 2 rings (SSSR count). The molecule has 0 aliphatic heterocycles. The Morgan fingerprint density at radius 2 is 1.81 bits per heavy atom. The van der Waals surface area contributed by atoms with Crippen LogP contribution in [0.15, 0.2) is 35.2 Å². The van der Waals surface area contributed by atoms with Crippen LogP contribution >= 0.6 is 11.8 Å². The van der Waals surface area contributed by atoms with Crippen LogP contribution in [0, 0.1) is 5.41 Å². The Bertz CT molecular complexity index is 535. The Kier molecular flexibility index (Phi) is 2.62. The molecule has 0 aromatic heterocycles. The van der Waals surface area contributed by atoms with Gasteiger partial charge in [-0.2, -0.15) is 0 Å². The molecule has 1 aromatic rings. The molecule has 0 fully saturated rings. The molecule has 0 atom stereocenters. The molecular weight excluding hydrogens is 224 g/mol. The summed E-state index contributed by atoms with van der Waals surface area (Å²) in [5.74, 6) is -0.477. The molecule has 0 unspecified atom stereocenters. The molecule has 0 heterocycles. The number of carbonyl (C=O) groups excluding carboxylic acids is 2. The summed E-state index contributed by atoms with van der Waals surface area (Å²) in [6.45, 7) is 0. The maximum atomic E-state index is 11.9. The van der Waals surface area contributed by atoms with Crippen molar-refractivity contribution in [2.75, 3.05) is 0 Å². The fraction of sp³-hybridized carbons (Fsp3) is 0. The lowest BCUT2D eigenvalue weighted by Gasteiger charge is -2.13. The highest BCUT2D eigenvalue weighted by Crippen LogP contribution is 2.27. The monoisotopic (exact) mass is 232 g/mol. The van der Waals surface area contributed by atoms with Crippen molar-refractivity contribution in [3.63, 3.8) is 0 Å². The minimum atomic E-state index is -0.254. The standard InChI is InChI=1S/C11H8N2O2S/c12-11(13)16-9-5-8(14)6-3-1-2-4-7(6)10(9)15/h1-5H,(H3,12,13). The van der Waals surface area contributed by atoms with Gasteiger partial charge in [-0.15, -0.1) is 0 Å². The van der Waals surface area contributed by atoms with E-state index in [4.69, 9.17) is 11.1 Å². The zero-order valence-corrected chi connectivity index (χ0v) is 9.01. The third kappa shape index (κ3) is 1.77. The minimum absolute atomic E-state index is 0.202. The van der Waals surface area contributed by atoms with E-state index in [1.807, 2.05) is 0 Å². The first-order valence-electron chi connectivity index (χ1n) is 4.51.